The summed E-state index contributed by atoms with van der Waals surface area (Å²) in [6.45, 7) is 4.64. The molecule has 0 aliphatic heterocycles. The smallest absolute Gasteiger partial charge is 0.131 e. The Hall–Kier alpha value is 0.110. The fraction of sp³-hybridized carbons (Fsp3) is 1.00. The van der Waals surface area contributed by atoms with Gasteiger partial charge in [0.25, 0.3) is 0 Å². The zero-order valence-electron chi connectivity index (χ0n) is 15.9. The molecular formula is C17H40NO3P. The Morgan fingerprint density at radius 2 is 1.18 bits per heavy atom. The van der Waals surface area contributed by atoms with Crippen LogP contribution in [0, 0.1) is 0 Å². The van der Waals surface area contributed by atoms with Gasteiger partial charge in [0.1, 0.15) is 7.60 Å². The molecule has 0 aromatic rings. The van der Waals surface area contributed by atoms with Crippen LogP contribution in [-0.4, -0.2) is 45.9 Å². The van der Waals surface area contributed by atoms with Gasteiger partial charge in [-0.2, -0.15) is 0 Å². The van der Waals surface area contributed by atoms with Gasteiger partial charge < -0.3 is 18.5 Å². The van der Waals surface area contributed by atoms with Crippen molar-refractivity contribution in [2.75, 3.05) is 41.5 Å². The summed E-state index contributed by atoms with van der Waals surface area (Å²) in [5.74, 6) is 0. The SMILES string of the molecule is CCCCCCCCCCCC[N+](C)(C)C.COP(C)(=O)[O-]. The van der Waals surface area contributed by atoms with E-state index in [9.17, 15) is 9.46 Å². The molecule has 0 spiro atoms. The van der Waals surface area contributed by atoms with Crippen molar-refractivity contribution in [2.45, 2.75) is 71.1 Å². The average molecular weight is 337 g/mol. The van der Waals surface area contributed by atoms with E-state index in [2.05, 4.69) is 32.6 Å². The molecule has 0 amide bonds. The van der Waals surface area contributed by atoms with Crippen LogP contribution in [0.5, 0.6) is 0 Å². The quantitative estimate of drug-likeness (QED) is 0.301. The fourth-order valence-corrected chi connectivity index (χ4v) is 2.07. The maximum absolute atomic E-state index is 9.81. The van der Waals surface area contributed by atoms with E-state index >= 15 is 0 Å². The Morgan fingerprint density at radius 3 is 1.45 bits per heavy atom. The van der Waals surface area contributed by atoms with Crippen molar-refractivity contribution < 1.29 is 18.5 Å². The third-order valence-corrected chi connectivity index (χ3v) is 4.18. The van der Waals surface area contributed by atoms with Crippen LogP contribution in [0.2, 0.25) is 0 Å². The molecule has 0 rings (SSSR count). The van der Waals surface area contributed by atoms with Crippen molar-refractivity contribution in [3.8, 4) is 0 Å². The molecule has 22 heavy (non-hydrogen) atoms. The Labute approximate surface area is 139 Å². The van der Waals surface area contributed by atoms with Crippen LogP contribution in [0.1, 0.15) is 71.1 Å². The highest BCUT2D eigenvalue weighted by atomic mass is 31.2. The largest absolute Gasteiger partial charge is 0.779 e. The Morgan fingerprint density at radius 1 is 0.864 bits per heavy atom. The standard InChI is InChI=1S/C15H34N.C2H7O3P/c1-5-6-7-8-9-10-11-12-13-14-15-16(2,3)4;1-5-6(2,3)4/h5-15H2,1-4H3;1-2H3,(H,3,4)/q+1;/p-1. The summed E-state index contributed by atoms with van der Waals surface area (Å²) in [7, 11) is 4.59. The van der Waals surface area contributed by atoms with Crippen molar-refractivity contribution >= 4 is 7.60 Å². The van der Waals surface area contributed by atoms with Crippen LogP contribution < -0.4 is 4.89 Å². The molecule has 0 saturated heterocycles. The summed E-state index contributed by atoms with van der Waals surface area (Å²) in [5, 5.41) is 0. The van der Waals surface area contributed by atoms with Crippen LogP contribution in [-0.2, 0) is 9.09 Å². The van der Waals surface area contributed by atoms with Gasteiger partial charge in [-0.05, 0) is 12.8 Å². The zero-order valence-corrected chi connectivity index (χ0v) is 16.8. The second kappa shape index (κ2) is 14.7. The zero-order chi connectivity index (χ0) is 17.5. The average Bonchev–Trinajstić information content (AvgIpc) is 2.39. The van der Waals surface area contributed by atoms with Gasteiger partial charge in [-0.15, -0.1) is 0 Å². The monoisotopic (exact) mass is 337 g/mol. The number of unbranched alkanes of at least 4 members (excludes halogenated alkanes) is 9. The van der Waals surface area contributed by atoms with Gasteiger partial charge in [-0.3, -0.25) is 0 Å². The van der Waals surface area contributed by atoms with Gasteiger partial charge in [0, 0.05) is 13.8 Å². The van der Waals surface area contributed by atoms with Crippen LogP contribution in [0.4, 0.5) is 0 Å². The van der Waals surface area contributed by atoms with E-state index in [-0.39, 0.29) is 0 Å². The first-order chi connectivity index (χ1) is 10.1. The molecule has 136 valence electrons. The molecule has 0 N–H and O–H groups in total. The lowest BCUT2D eigenvalue weighted by molar-refractivity contribution is -0.870. The maximum atomic E-state index is 9.81. The molecular weight excluding hydrogens is 297 g/mol. The fourth-order valence-electron chi connectivity index (χ4n) is 2.07. The van der Waals surface area contributed by atoms with E-state index in [1.807, 2.05) is 0 Å². The second-order valence-electron chi connectivity index (χ2n) is 7.15. The Kier molecular flexibility index (Phi) is 16.3. The summed E-state index contributed by atoms with van der Waals surface area (Å²) in [5.41, 5.74) is 0. The molecule has 0 saturated carbocycles. The Bertz CT molecular complexity index is 272. The lowest BCUT2D eigenvalue weighted by Gasteiger charge is -2.23. The second-order valence-corrected chi connectivity index (χ2v) is 9.06. The van der Waals surface area contributed by atoms with E-state index in [0.29, 0.717) is 0 Å². The summed E-state index contributed by atoms with van der Waals surface area (Å²) in [6.07, 6.45) is 14.4. The third-order valence-electron chi connectivity index (χ3n) is 3.51. The van der Waals surface area contributed by atoms with Crippen molar-refractivity contribution in [3.63, 3.8) is 0 Å². The minimum atomic E-state index is -3.40. The molecule has 0 bridgehead atoms. The predicted octanol–water partition coefficient (Wildman–Crippen LogP) is 4.43. The number of quaternary nitrogens is 1. The lowest BCUT2D eigenvalue weighted by Crippen LogP contribution is -2.35. The molecule has 1 unspecified atom stereocenters. The summed E-state index contributed by atoms with van der Waals surface area (Å²) >= 11 is 0. The number of rotatable bonds is 12. The highest BCUT2D eigenvalue weighted by Gasteiger charge is 2.04. The molecule has 5 heteroatoms. The number of hydrogen-bond donors (Lipinski definition) is 0. The molecule has 0 fully saturated rings. The summed E-state index contributed by atoms with van der Waals surface area (Å²) in [6, 6.07) is 0. The molecule has 0 aromatic heterocycles. The summed E-state index contributed by atoms with van der Waals surface area (Å²) in [4.78, 5) is 9.81. The lowest BCUT2D eigenvalue weighted by atomic mass is 10.1. The minimum absolute atomic E-state index is 1.02. The first-order valence-corrected chi connectivity index (χ1v) is 10.8. The van der Waals surface area contributed by atoms with Gasteiger partial charge in [0.15, 0.2) is 0 Å². The van der Waals surface area contributed by atoms with Gasteiger partial charge >= 0.3 is 0 Å². The minimum Gasteiger partial charge on any atom is -0.779 e. The topological polar surface area (TPSA) is 49.4 Å². The van der Waals surface area contributed by atoms with Gasteiger partial charge in [0.05, 0.1) is 27.7 Å². The van der Waals surface area contributed by atoms with Crippen LogP contribution in [0.3, 0.4) is 0 Å². The van der Waals surface area contributed by atoms with Crippen molar-refractivity contribution in [3.05, 3.63) is 0 Å². The van der Waals surface area contributed by atoms with Crippen LogP contribution >= 0.6 is 7.60 Å². The highest BCUT2D eigenvalue weighted by Crippen LogP contribution is 2.28. The Balaban J connectivity index is 0. The first-order valence-electron chi connectivity index (χ1n) is 8.77. The molecule has 0 radical (unpaired) electrons. The first kappa shape index (κ1) is 24.4. The molecule has 0 heterocycles. The van der Waals surface area contributed by atoms with Crippen LogP contribution in [0.25, 0.3) is 0 Å². The van der Waals surface area contributed by atoms with E-state index in [4.69, 9.17) is 0 Å². The van der Waals surface area contributed by atoms with Crippen molar-refractivity contribution in [1.82, 2.24) is 0 Å². The van der Waals surface area contributed by atoms with Crippen LogP contribution in [0.15, 0.2) is 0 Å². The summed E-state index contributed by atoms with van der Waals surface area (Å²) < 4.78 is 14.9. The molecule has 1 atom stereocenters. The van der Waals surface area contributed by atoms with E-state index in [1.165, 1.54) is 70.8 Å². The van der Waals surface area contributed by atoms with E-state index < -0.39 is 7.60 Å². The van der Waals surface area contributed by atoms with Crippen molar-refractivity contribution in [2.24, 2.45) is 0 Å². The van der Waals surface area contributed by atoms with Crippen molar-refractivity contribution in [1.29, 1.82) is 0 Å². The number of nitrogens with zero attached hydrogens (tertiary/aromatic N) is 1. The van der Waals surface area contributed by atoms with Gasteiger partial charge in [-0.25, -0.2) is 0 Å². The molecule has 0 aliphatic rings. The van der Waals surface area contributed by atoms with Gasteiger partial charge in [-0.1, -0.05) is 58.3 Å². The number of hydrogen-bond acceptors (Lipinski definition) is 3. The highest BCUT2D eigenvalue weighted by molar-refractivity contribution is 7.50. The predicted molar refractivity (Wildman–Crippen MR) is 95.3 cm³/mol. The van der Waals surface area contributed by atoms with E-state index in [0.717, 1.165) is 18.3 Å². The molecule has 4 nitrogen and oxygen atoms in total. The molecule has 0 aromatic carbocycles. The van der Waals surface area contributed by atoms with E-state index in [1.54, 1.807) is 0 Å². The normalized spacial score (nSPS) is 14.1. The van der Waals surface area contributed by atoms with Gasteiger partial charge in [0.2, 0.25) is 0 Å². The molecule has 0 aliphatic carbocycles. The third kappa shape index (κ3) is 28.3. The maximum Gasteiger partial charge on any atom is 0.131 e.